The van der Waals surface area contributed by atoms with Crippen LogP contribution in [0.25, 0.3) is 0 Å². The third kappa shape index (κ3) is 6.30. The number of carbonyl (C=O) groups excluding carboxylic acids is 1. The second kappa shape index (κ2) is 9.87. The van der Waals surface area contributed by atoms with Gasteiger partial charge in [0.15, 0.2) is 0 Å². The first-order chi connectivity index (χ1) is 7.34. The number of methoxy groups -OCH3 is 1. The Bertz CT molecular complexity index is 183. The van der Waals surface area contributed by atoms with Gasteiger partial charge in [-0.25, -0.2) is 0 Å². The van der Waals surface area contributed by atoms with Gasteiger partial charge in [-0.05, 0) is 12.8 Å². The summed E-state index contributed by atoms with van der Waals surface area (Å²) >= 11 is 0. The van der Waals surface area contributed by atoms with Crippen LogP contribution in [0, 0.1) is 0 Å². The highest BCUT2D eigenvalue weighted by molar-refractivity contribution is 5.85. The van der Waals surface area contributed by atoms with E-state index in [0.29, 0.717) is 13.2 Å². The lowest BCUT2D eigenvalue weighted by atomic mass is 10.2. The molecule has 0 aliphatic carbocycles. The Hall–Kier alpha value is -0.320. The lowest BCUT2D eigenvalue weighted by Crippen LogP contribution is -2.39. The van der Waals surface area contributed by atoms with Crippen LogP contribution < -0.4 is 5.32 Å². The van der Waals surface area contributed by atoms with Crippen molar-refractivity contribution in [3.63, 3.8) is 0 Å². The zero-order chi connectivity index (χ0) is 10.9. The van der Waals surface area contributed by atoms with Crippen molar-refractivity contribution in [2.75, 3.05) is 39.9 Å². The zero-order valence-electron chi connectivity index (χ0n) is 10.0. The van der Waals surface area contributed by atoms with E-state index in [9.17, 15) is 4.79 Å². The standard InChI is InChI=1S/C11H22N2O2.ClH/c1-15-9-6-12-10-11(14)13-7-4-2-3-5-8-13;/h12H,2-10H2,1H3;1H. The molecule has 0 spiro atoms. The Labute approximate surface area is 104 Å². The van der Waals surface area contributed by atoms with E-state index in [1.54, 1.807) is 7.11 Å². The fraction of sp³-hybridized carbons (Fsp3) is 0.909. The zero-order valence-corrected chi connectivity index (χ0v) is 10.9. The predicted molar refractivity (Wildman–Crippen MR) is 67.0 cm³/mol. The summed E-state index contributed by atoms with van der Waals surface area (Å²) in [6.45, 7) is 3.72. The first kappa shape index (κ1) is 15.7. The number of halogens is 1. The normalized spacial score (nSPS) is 16.4. The van der Waals surface area contributed by atoms with E-state index in [2.05, 4.69) is 5.32 Å². The van der Waals surface area contributed by atoms with Gasteiger partial charge in [0.05, 0.1) is 13.2 Å². The second-order valence-corrected chi connectivity index (χ2v) is 3.96. The van der Waals surface area contributed by atoms with Crippen LogP contribution >= 0.6 is 12.4 Å². The SMILES string of the molecule is COCCNCC(=O)N1CCCCCC1.Cl. The molecule has 1 aliphatic heterocycles. The number of hydrogen-bond acceptors (Lipinski definition) is 3. The van der Waals surface area contributed by atoms with Crippen molar-refractivity contribution in [2.24, 2.45) is 0 Å². The van der Waals surface area contributed by atoms with Crippen LogP contribution in [0.2, 0.25) is 0 Å². The first-order valence-electron chi connectivity index (χ1n) is 5.82. The Morgan fingerprint density at radius 1 is 1.25 bits per heavy atom. The van der Waals surface area contributed by atoms with Crippen molar-refractivity contribution in [2.45, 2.75) is 25.7 Å². The van der Waals surface area contributed by atoms with Crippen molar-refractivity contribution in [3.8, 4) is 0 Å². The minimum absolute atomic E-state index is 0. The van der Waals surface area contributed by atoms with Crippen LogP contribution in [0.1, 0.15) is 25.7 Å². The van der Waals surface area contributed by atoms with Gasteiger partial charge in [0.1, 0.15) is 0 Å². The lowest BCUT2D eigenvalue weighted by Gasteiger charge is -2.20. The van der Waals surface area contributed by atoms with E-state index in [4.69, 9.17) is 4.74 Å². The van der Waals surface area contributed by atoms with E-state index < -0.39 is 0 Å². The highest BCUT2D eigenvalue weighted by Gasteiger charge is 2.14. The molecule has 1 saturated heterocycles. The third-order valence-corrected chi connectivity index (χ3v) is 2.72. The molecule has 0 unspecified atom stereocenters. The topological polar surface area (TPSA) is 41.6 Å². The molecule has 0 aromatic heterocycles. The molecule has 1 fully saturated rings. The molecule has 0 atom stereocenters. The average molecular weight is 251 g/mol. The summed E-state index contributed by atoms with van der Waals surface area (Å²) in [5, 5.41) is 3.09. The van der Waals surface area contributed by atoms with Crippen molar-refractivity contribution in [1.29, 1.82) is 0 Å². The summed E-state index contributed by atoms with van der Waals surface area (Å²) in [5.41, 5.74) is 0. The molecule has 0 saturated carbocycles. The average Bonchev–Trinajstić information content (AvgIpc) is 2.52. The van der Waals surface area contributed by atoms with E-state index >= 15 is 0 Å². The highest BCUT2D eigenvalue weighted by Crippen LogP contribution is 2.09. The number of hydrogen-bond donors (Lipinski definition) is 1. The molecular formula is C11H23ClN2O2. The van der Waals surface area contributed by atoms with Crippen molar-refractivity contribution in [3.05, 3.63) is 0 Å². The molecule has 1 amide bonds. The van der Waals surface area contributed by atoms with Crippen LogP contribution in [0.15, 0.2) is 0 Å². The van der Waals surface area contributed by atoms with Crippen LogP contribution in [0.4, 0.5) is 0 Å². The maximum absolute atomic E-state index is 11.7. The molecule has 16 heavy (non-hydrogen) atoms. The van der Waals surface area contributed by atoms with Gasteiger partial charge < -0.3 is 15.0 Å². The Morgan fingerprint density at radius 3 is 2.44 bits per heavy atom. The van der Waals surface area contributed by atoms with E-state index in [1.165, 1.54) is 12.8 Å². The predicted octanol–water partition coefficient (Wildman–Crippen LogP) is 1.05. The molecule has 1 heterocycles. The fourth-order valence-electron chi connectivity index (χ4n) is 1.80. The van der Waals surface area contributed by atoms with Gasteiger partial charge in [0, 0.05) is 26.7 Å². The van der Waals surface area contributed by atoms with Crippen molar-refractivity contribution >= 4 is 18.3 Å². The summed E-state index contributed by atoms with van der Waals surface area (Å²) in [6, 6.07) is 0. The number of rotatable bonds is 5. The summed E-state index contributed by atoms with van der Waals surface area (Å²) < 4.78 is 4.90. The van der Waals surface area contributed by atoms with Gasteiger partial charge in [-0.1, -0.05) is 12.8 Å². The number of carbonyl (C=O) groups is 1. The number of nitrogens with one attached hydrogen (secondary N) is 1. The van der Waals surface area contributed by atoms with E-state index in [-0.39, 0.29) is 18.3 Å². The van der Waals surface area contributed by atoms with Crippen LogP contribution in [-0.4, -0.2) is 50.7 Å². The maximum atomic E-state index is 11.7. The lowest BCUT2D eigenvalue weighted by molar-refractivity contribution is -0.130. The van der Waals surface area contributed by atoms with Gasteiger partial charge in [-0.15, -0.1) is 12.4 Å². The molecule has 0 aromatic rings. The number of amides is 1. The minimum Gasteiger partial charge on any atom is -0.383 e. The van der Waals surface area contributed by atoms with Crippen LogP contribution in [-0.2, 0) is 9.53 Å². The number of ether oxygens (including phenoxy) is 1. The van der Waals surface area contributed by atoms with Gasteiger partial charge in [0.2, 0.25) is 5.91 Å². The second-order valence-electron chi connectivity index (χ2n) is 3.96. The molecule has 96 valence electrons. The van der Waals surface area contributed by atoms with Crippen LogP contribution in [0.5, 0.6) is 0 Å². The van der Waals surface area contributed by atoms with Gasteiger partial charge in [-0.3, -0.25) is 4.79 Å². The molecule has 1 rings (SSSR count). The number of nitrogens with zero attached hydrogens (tertiary/aromatic N) is 1. The quantitative estimate of drug-likeness (QED) is 0.742. The summed E-state index contributed by atoms with van der Waals surface area (Å²) in [6.07, 6.45) is 4.84. The molecule has 5 heteroatoms. The van der Waals surface area contributed by atoms with Gasteiger partial charge in [-0.2, -0.15) is 0 Å². The smallest absolute Gasteiger partial charge is 0.236 e. The van der Waals surface area contributed by atoms with Gasteiger partial charge in [0.25, 0.3) is 0 Å². The maximum Gasteiger partial charge on any atom is 0.236 e. The molecular weight excluding hydrogens is 228 g/mol. The molecule has 4 nitrogen and oxygen atoms in total. The first-order valence-corrected chi connectivity index (χ1v) is 5.82. The van der Waals surface area contributed by atoms with Crippen LogP contribution in [0.3, 0.4) is 0 Å². The van der Waals surface area contributed by atoms with Crippen molar-refractivity contribution in [1.82, 2.24) is 10.2 Å². The Morgan fingerprint density at radius 2 is 1.88 bits per heavy atom. The summed E-state index contributed by atoms with van der Waals surface area (Å²) in [5.74, 6) is 0.230. The number of likely N-dealkylation sites (tertiary alicyclic amines) is 1. The largest absolute Gasteiger partial charge is 0.383 e. The summed E-state index contributed by atoms with van der Waals surface area (Å²) in [7, 11) is 1.66. The summed E-state index contributed by atoms with van der Waals surface area (Å²) in [4.78, 5) is 13.7. The monoisotopic (exact) mass is 250 g/mol. The Kier molecular flexibility index (Phi) is 9.68. The molecule has 1 aliphatic rings. The van der Waals surface area contributed by atoms with Crippen molar-refractivity contribution < 1.29 is 9.53 Å². The van der Waals surface area contributed by atoms with E-state index in [0.717, 1.165) is 32.5 Å². The molecule has 1 N–H and O–H groups in total. The molecule has 0 radical (unpaired) electrons. The Balaban J connectivity index is 0.00000225. The third-order valence-electron chi connectivity index (χ3n) is 2.72. The fourth-order valence-corrected chi connectivity index (χ4v) is 1.80. The highest BCUT2D eigenvalue weighted by atomic mass is 35.5. The van der Waals surface area contributed by atoms with E-state index in [1.807, 2.05) is 4.90 Å². The van der Waals surface area contributed by atoms with Gasteiger partial charge >= 0.3 is 0 Å². The molecule has 0 bridgehead atoms. The molecule has 0 aromatic carbocycles. The minimum atomic E-state index is 0.